The van der Waals surface area contributed by atoms with Crippen molar-refractivity contribution in [3.63, 3.8) is 0 Å². The molecule has 0 unspecified atom stereocenters. The fraction of sp³-hybridized carbons (Fsp3) is 0.923. The molecule has 4 heteroatoms. The molecule has 98 valence electrons. The van der Waals surface area contributed by atoms with Gasteiger partial charge < -0.3 is 0 Å². The van der Waals surface area contributed by atoms with Crippen LogP contribution in [-0.4, -0.2) is 17.5 Å². The highest BCUT2D eigenvalue weighted by atomic mass is 16.3. The molecule has 0 aromatic heterocycles. The maximum Gasteiger partial charge on any atom is 0.245 e. The zero-order valence-corrected chi connectivity index (χ0v) is 10.7. The third kappa shape index (κ3) is 6.39. The zero-order valence-electron chi connectivity index (χ0n) is 10.7. The second kappa shape index (κ2) is 9.14. The van der Waals surface area contributed by atoms with Gasteiger partial charge in [0.15, 0.2) is 0 Å². The molecule has 1 saturated heterocycles. The van der Waals surface area contributed by atoms with E-state index in [1.807, 2.05) is 0 Å². The van der Waals surface area contributed by atoms with Crippen LogP contribution in [-0.2, 0) is 4.79 Å². The molecule has 0 spiro atoms. The maximum absolute atomic E-state index is 11.6. The molecule has 0 bridgehead atoms. The summed E-state index contributed by atoms with van der Waals surface area (Å²) < 4.78 is 0. The topological polar surface area (TPSA) is 49.7 Å². The minimum Gasteiger partial charge on any atom is -0.273 e. The van der Waals surface area contributed by atoms with E-state index >= 15 is 0 Å². The Hall–Kier alpha value is -0.930. The summed E-state index contributed by atoms with van der Waals surface area (Å²) in [5, 5.41) is 3.95. The summed E-state index contributed by atoms with van der Waals surface area (Å²) >= 11 is 0. The molecule has 1 aliphatic rings. The Labute approximate surface area is 104 Å². The Morgan fingerprint density at radius 2 is 1.24 bits per heavy atom. The Morgan fingerprint density at radius 1 is 0.765 bits per heavy atom. The lowest BCUT2D eigenvalue weighted by atomic mass is 10.0. The lowest BCUT2D eigenvalue weighted by Crippen LogP contribution is -2.26. The summed E-state index contributed by atoms with van der Waals surface area (Å²) in [6.07, 6.45) is 12.1. The zero-order chi connectivity index (χ0) is 12.3. The van der Waals surface area contributed by atoms with Crippen LogP contribution in [0.25, 0.3) is 0 Å². The third-order valence-electron chi connectivity index (χ3n) is 3.40. The number of amides is 1. The number of hydrogen-bond donors (Lipinski definition) is 0. The average Bonchev–Trinajstić information content (AvgIpc) is 2.34. The minimum absolute atomic E-state index is 0.0999. The van der Waals surface area contributed by atoms with Crippen molar-refractivity contribution in [2.24, 2.45) is 5.29 Å². The molecular weight excluding hydrogens is 216 g/mol. The first kappa shape index (κ1) is 14.1. The molecule has 1 aliphatic heterocycles. The Balaban J connectivity index is 2.33. The van der Waals surface area contributed by atoms with Crippen molar-refractivity contribution < 1.29 is 4.79 Å². The molecule has 1 heterocycles. The lowest BCUT2D eigenvalue weighted by molar-refractivity contribution is -0.131. The van der Waals surface area contributed by atoms with Gasteiger partial charge in [-0.15, -0.1) is 4.91 Å². The van der Waals surface area contributed by atoms with Gasteiger partial charge in [0.25, 0.3) is 0 Å². The molecule has 1 amide bonds. The van der Waals surface area contributed by atoms with E-state index in [0.717, 1.165) is 30.7 Å². The molecular formula is C13H24N2O2. The van der Waals surface area contributed by atoms with Crippen molar-refractivity contribution in [3.05, 3.63) is 4.91 Å². The smallest absolute Gasteiger partial charge is 0.245 e. The largest absolute Gasteiger partial charge is 0.273 e. The van der Waals surface area contributed by atoms with Crippen LogP contribution in [0.3, 0.4) is 0 Å². The first-order chi connectivity index (χ1) is 8.34. The van der Waals surface area contributed by atoms with Crippen LogP contribution in [0.4, 0.5) is 0 Å². The fourth-order valence-corrected chi connectivity index (χ4v) is 2.29. The van der Waals surface area contributed by atoms with E-state index in [4.69, 9.17) is 0 Å². The molecule has 17 heavy (non-hydrogen) atoms. The molecule has 0 N–H and O–H groups in total. The summed E-state index contributed by atoms with van der Waals surface area (Å²) in [7, 11) is 0. The van der Waals surface area contributed by atoms with E-state index in [-0.39, 0.29) is 5.91 Å². The van der Waals surface area contributed by atoms with Crippen molar-refractivity contribution in [2.75, 3.05) is 6.54 Å². The van der Waals surface area contributed by atoms with E-state index < -0.39 is 0 Å². The number of nitrogens with zero attached hydrogens (tertiary/aromatic N) is 2. The Morgan fingerprint density at radius 3 is 1.76 bits per heavy atom. The summed E-state index contributed by atoms with van der Waals surface area (Å²) in [6.45, 7) is 0.502. The van der Waals surface area contributed by atoms with Crippen LogP contribution in [0.15, 0.2) is 5.29 Å². The molecule has 1 rings (SSSR count). The van der Waals surface area contributed by atoms with Gasteiger partial charge >= 0.3 is 0 Å². The SMILES string of the molecule is O=NN1CCCCCCCCCCCCC1=O. The average molecular weight is 240 g/mol. The van der Waals surface area contributed by atoms with Gasteiger partial charge in [0.05, 0.1) is 5.29 Å². The molecule has 0 radical (unpaired) electrons. The van der Waals surface area contributed by atoms with Crippen molar-refractivity contribution in [1.29, 1.82) is 0 Å². The van der Waals surface area contributed by atoms with Crippen molar-refractivity contribution in [2.45, 2.75) is 70.6 Å². The molecule has 0 aromatic carbocycles. The molecule has 0 aromatic rings. The highest BCUT2D eigenvalue weighted by molar-refractivity contribution is 5.75. The molecule has 0 saturated carbocycles. The first-order valence-corrected chi connectivity index (χ1v) is 6.98. The summed E-state index contributed by atoms with van der Waals surface area (Å²) in [4.78, 5) is 22.2. The van der Waals surface area contributed by atoms with Gasteiger partial charge in [-0.25, -0.2) is 0 Å². The summed E-state index contributed by atoms with van der Waals surface area (Å²) in [5.41, 5.74) is 0. The predicted molar refractivity (Wildman–Crippen MR) is 68.3 cm³/mol. The van der Waals surface area contributed by atoms with Crippen molar-refractivity contribution >= 4 is 5.91 Å². The van der Waals surface area contributed by atoms with Gasteiger partial charge in [-0.1, -0.05) is 51.4 Å². The standard InChI is InChI=1S/C13H24N2O2/c16-13-11-9-7-5-3-1-2-4-6-8-10-12-15(13)14-17/h1-12H2. The van der Waals surface area contributed by atoms with Gasteiger partial charge in [0.2, 0.25) is 5.91 Å². The van der Waals surface area contributed by atoms with E-state index in [1.54, 1.807) is 0 Å². The van der Waals surface area contributed by atoms with E-state index in [9.17, 15) is 9.70 Å². The van der Waals surface area contributed by atoms with Crippen LogP contribution >= 0.6 is 0 Å². The highest BCUT2D eigenvalue weighted by Crippen LogP contribution is 2.13. The van der Waals surface area contributed by atoms with Crippen LogP contribution in [0.2, 0.25) is 0 Å². The van der Waals surface area contributed by atoms with Crippen LogP contribution < -0.4 is 0 Å². The third-order valence-corrected chi connectivity index (χ3v) is 3.40. The second-order valence-corrected chi connectivity index (χ2v) is 4.88. The molecule has 0 atom stereocenters. The Bertz CT molecular complexity index is 231. The van der Waals surface area contributed by atoms with E-state index in [2.05, 4.69) is 5.29 Å². The van der Waals surface area contributed by atoms with Gasteiger partial charge in [0, 0.05) is 13.0 Å². The van der Waals surface area contributed by atoms with Gasteiger partial charge in [0.1, 0.15) is 0 Å². The normalized spacial score (nSPS) is 21.9. The monoisotopic (exact) mass is 240 g/mol. The van der Waals surface area contributed by atoms with Gasteiger partial charge in [-0.2, -0.15) is 5.01 Å². The van der Waals surface area contributed by atoms with E-state index in [0.29, 0.717) is 13.0 Å². The fourth-order valence-electron chi connectivity index (χ4n) is 2.29. The maximum atomic E-state index is 11.6. The predicted octanol–water partition coefficient (Wildman–Crippen LogP) is 3.80. The number of carbonyl (C=O) groups excluding carboxylic acids is 1. The number of rotatable bonds is 1. The molecule has 0 aliphatic carbocycles. The van der Waals surface area contributed by atoms with Crippen LogP contribution in [0.5, 0.6) is 0 Å². The van der Waals surface area contributed by atoms with Gasteiger partial charge in [-0.05, 0) is 12.8 Å². The lowest BCUT2D eigenvalue weighted by Gasteiger charge is -2.13. The number of nitroso groups, excluding NO2 is 1. The summed E-state index contributed by atoms with van der Waals surface area (Å²) in [5.74, 6) is -0.0999. The second-order valence-electron chi connectivity index (χ2n) is 4.88. The minimum atomic E-state index is -0.0999. The molecule has 1 fully saturated rings. The Kier molecular flexibility index (Phi) is 7.60. The highest BCUT2D eigenvalue weighted by Gasteiger charge is 2.13. The van der Waals surface area contributed by atoms with Gasteiger partial charge in [-0.3, -0.25) is 4.79 Å². The van der Waals surface area contributed by atoms with Crippen LogP contribution in [0, 0.1) is 4.91 Å². The summed E-state index contributed by atoms with van der Waals surface area (Å²) in [6, 6.07) is 0. The number of hydrogen-bond acceptors (Lipinski definition) is 3. The van der Waals surface area contributed by atoms with Crippen molar-refractivity contribution in [3.8, 4) is 0 Å². The molecule has 4 nitrogen and oxygen atoms in total. The first-order valence-electron chi connectivity index (χ1n) is 6.98. The van der Waals surface area contributed by atoms with Crippen LogP contribution in [0.1, 0.15) is 70.6 Å². The van der Waals surface area contributed by atoms with Crippen molar-refractivity contribution in [1.82, 2.24) is 5.01 Å². The number of carbonyl (C=O) groups is 1. The quantitative estimate of drug-likeness (QED) is 0.654. The van der Waals surface area contributed by atoms with E-state index in [1.165, 1.54) is 38.5 Å².